The van der Waals surface area contributed by atoms with E-state index in [0.29, 0.717) is 23.2 Å². The van der Waals surface area contributed by atoms with Crippen LogP contribution < -0.4 is 10.1 Å². The lowest BCUT2D eigenvalue weighted by Crippen LogP contribution is -2.11. The summed E-state index contributed by atoms with van der Waals surface area (Å²) in [6, 6.07) is 9.01. The molecule has 0 aliphatic rings. The number of hydrogen-bond acceptors (Lipinski definition) is 4. The molecular formula is C15H15ClN2O3. The van der Waals surface area contributed by atoms with Crippen molar-refractivity contribution >= 4 is 23.4 Å². The summed E-state index contributed by atoms with van der Waals surface area (Å²) in [5, 5.41) is 3.05. The molecule has 0 aliphatic heterocycles. The van der Waals surface area contributed by atoms with Crippen LogP contribution in [0.4, 0.5) is 10.5 Å². The number of halogens is 1. The maximum atomic E-state index is 11.2. The second-order valence-electron chi connectivity index (χ2n) is 4.34. The van der Waals surface area contributed by atoms with Gasteiger partial charge in [0, 0.05) is 17.4 Å². The minimum atomic E-state index is -0.506. The van der Waals surface area contributed by atoms with Gasteiger partial charge in [-0.2, -0.15) is 0 Å². The minimum absolute atomic E-state index is 0.329. The zero-order valence-corrected chi connectivity index (χ0v) is 12.5. The minimum Gasteiger partial charge on any atom is -0.489 e. The Morgan fingerprint density at radius 2 is 2.19 bits per heavy atom. The molecule has 21 heavy (non-hydrogen) atoms. The molecule has 0 radical (unpaired) electrons. The van der Waals surface area contributed by atoms with Gasteiger partial charge >= 0.3 is 6.09 Å². The number of rotatable bonds is 4. The van der Waals surface area contributed by atoms with Gasteiger partial charge in [0.1, 0.15) is 17.5 Å². The molecule has 1 amide bonds. The summed E-state index contributed by atoms with van der Waals surface area (Å²) in [5.74, 6) is 0.683. The van der Waals surface area contributed by atoms with Crippen LogP contribution in [-0.4, -0.2) is 18.2 Å². The molecule has 0 aliphatic carbocycles. The summed E-state index contributed by atoms with van der Waals surface area (Å²) < 4.78 is 10.2. The van der Waals surface area contributed by atoms with Gasteiger partial charge in [-0.3, -0.25) is 5.32 Å². The number of methoxy groups -OCH3 is 1. The van der Waals surface area contributed by atoms with Crippen LogP contribution in [0, 0.1) is 6.92 Å². The number of aryl methyl sites for hydroxylation is 1. The Balaban J connectivity index is 2.03. The van der Waals surface area contributed by atoms with Crippen LogP contribution in [0.5, 0.6) is 5.75 Å². The van der Waals surface area contributed by atoms with Crippen molar-refractivity contribution in [1.82, 2.24) is 4.98 Å². The molecule has 1 N–H and O–H groups in total. The molecule has 0 atom stereocenters. The van der Waals surface area contributed by atoms with Gasteiger partial charge in [0.2, 0.25) is 0 Å². The monoisotopic (exact) mass is 306 g/mol. The first-order valence-electron chi connectivity index (χ1n) is 6.28. The Bertz CT molecular complexity index is 647. The Morgan fingerprint density at radius 1 is 1.38 bits per heavy atom. The van der Waals surface area contributed by atoms with E-state index in [-0.39, 0.29) is 0 Å². The molecule has 2 aromatic rings. The molecule has 1 aromatic carbocycles. The fourth-order valence-electron chi connectivity index (χ4n) is 1.72. The van der Waals surface area contributed by atoms with E-state index in [0.717, 1.165) is 11.1 Å². The number of ether oxygens (including phenoxy) is 2. The van der Waals surface area contributed by atoms with E-state index in [4.69, 9.17) is 16.3 Å². The lowest BCUT2D eigenvalue weighted by molar-refractivity contribution is 0.187. The van der Waals surface area contributed by atoms with E-state index in [2.05, 4.69) is 15.0 Å². The van der Waals surface area contributed by atoms with Crippen molar-refractivity contribution < 1.29 is 14.3 Å². The van der Waals surface area contributed by atoms with Crippen LogP contribution in [-0.2, 0) is 11.3 Å². The molecular weight excluding hydrogens is 292 g/mol. The second kappa shape index (κ2) is 6.95. The zero-order chi connectivity index (χ0) is 15.2. The quantitative estimate of drug-likeness (QED) is 0.873. The van der Waals surface area contributed by atoms with Crippen molar-refractivity contribution in [3.8, 4) is 5.75 Å². The third-order valence-corrected chi connectivity index (χ3v) is 3.19. The topological polar surface area (TPSA) is 60.5 Å². The molecule has 0 fully saturated rings. The smallest absolute Gasteiger partial charge is 0.411 e. The molecule has 5 nitrogen and oxygen atoms in total. The van der Waals surface area contributed by atoms with E-state index in [1.807, 2.05) is 19.1 Å². The number of pyridine rings is 1. The maximum absolute atomic E-state index is 11.2. The Labute approximate surface area is 127 Å². The SMILES string of the molecule is COC(=O)Nc1ccc(OCc2cccnc2Cl)cc1C. The first-order chi connectivity index (χ1) is 10.1. The number of nitrogens with zero attached hydrogens (tertiary/aromatic N) is 1. The molecule has 1 heterocycles. The Hall–Kier alpha value is -2.27. The van der Waals surface area contributed by atoms with Crippen molar-refractivity contribution in [2.45, 2.75) is 13.5 Å². The summed E-state index contributed by atoms with van der Waals surface area (Å²) in [4.78, 5) is 15.2. The third-order valence-electron chi connectivity index (χ3n) is 2.85. The van der Waals surface area contributed by atoms with Gasteiger partial charge in [-0.25, -0.2) is 9.78 Å². The standard InChI is InChI=1S/C15H15ClN2O3/c1-10-8-12(5-6-13(10)18-15(19)20-2)21-9-11-4-3-7-17-14(11)16/h3-8H,9H2,1-2H3,(H,18,19). The molecule has 2 rings (SSSR count). The molecule has 0 spiro atoms. The number of aromatic nitrogens is 1. The highest BCUT2D eigenvalue weighted by Gasteiger charge is 2.06. The van der Waals surface area contributed by atoms with Gasteiger partial charge in [0.15, 0.2) is 0 Å². The zero-order valence-electron chi connectivity index (χ0n) is 11.7. The molecule has 0 saturated carbocycles. The van der Waals surface area contributed by atoms with Crippen LogP contribution in [0.2, 0.25) is 5.15 Å². The fraction of sp³-hybridized carbons (Fsp3) is 0.200. The van der Waals surface area contributed by atoms with E-state index in [9.17, 15) is 4.79 Å². The first kappa shape index (κ1) is 15.1. The third kappa shape index (κ3) is 4.10. The summed E-state index contributed by atoms with van der Waals surface area (Å²) in [5.41, 5.74) is 2.36. The lowest BCUT2D eigenvalue weighted by Gasteiger charge is -2.11. The van der Waals surface area contributed by atoms with Gasteiger partial charge in [0.25, 0.3) is 0 Å². The summed E-state index contributed by atoms with van der Waals surface area (Å²) in [6.07, 6.45) is 1.12. The van der Waals surface area contributed by atoms with E-state index in [1.54, 1.807) is 24.4 Å². The highest BCUT2D eigenvalue weighted by Crippen LogP contribution is 2.23. The normalized spacial score (nSPS) is 10.0. The van der Waals surface area contributed by atoms with Gasteiger partial charge in [-0.15, -0.1) is 0 Å². The maximum Gasteiger partial charge on any atom is 0.411 e. The van der Waals surface area contributed by atoms with E-state index >= 15 is 0 Å². The van der Waals surface area contributed by atoms with Crippen LogP contribution in [0.15, 0.2) is 36.5 Å². The molecule has 1 aromatic heterocycles. The van der Waals surface area contributed by atoms with Crippen LogP contribution in [0.3, 0.4) is 0 Å². The van der Waals surface area contributed by atoms with E-state index in [1.165, 1.54) is 7.11 Å². The second-order valence-corrected chi connectivity index (χ2v) is 4.69. The van der Waals surface area contributed by atoms with Crippen molar-refractivity contribution in [1.29, 1.82) is 0 Å². The van der Waals surface area contributed by atoms with Crippen molar-refractivity contribution in [2.75, 3.05) is 12.4 Å². The number of hydrogen-bond donors (Lipinski definition) is 1. The number of benzene rings is 1. The highest BCUT2D eigenvalue weighted by atomic mass is 35.5. The number of amides is 1. The molecule has 0 bridgehead atoms. The fourth-order valence-corrected chi connectivity index (χ4v) is 1.89. The molecule has 6 heteroatoms. The predicted octanol–water partition coefficient (Wildman–Crippen LogP) is 3.80. The lowest BCUT2D eigenvalue weighted by atomic mass is 10.2. The van der Waals surface area contributed by atoms with Gasteiger partial charge in [-0.05, 0) is 36.8 Å². The molecule has 0 unspecified atom stereocenters. The Kier molecular flexibility index (Phi) is 5.00. The highest BCUT2D eigenvalue weighted by molar-refractivity contribution is 6.30. The van der Waals surface area contributed by atoms with Gasteiger partial charge in [-0.1, -0.05) is 17.7 Å². The number of carbonyl (C=O) groups excluding carboxylic acids is 1. The number of nitrogens with one attached hydrogen (secondary N) is 1. The van der Waals surface area contributed by atoms with Crippen LogP contribution >= 0.6 is 11.6 Å². The van der Waals surface area contributed by atoms with Crippen LogP contribution in [0.25, 0.3) is 0 Å². The largest absolute Gasteiger partial charge is 0.489 e. The molecule has 0 saturated heterocycles. The Morgan fingerprint density at radius 3 is 2.86 bits per heavy atom. The van der Waals surface area contributed by atoms with Crippen molar-refractivity contribution in [2.24, 2.45) is 0 Å². The molecule has 110 valence electrons. The summed E-state index contributed by atoms with van der Waals surface area (Å²) in [6.45, 7) is 2.20. The van der Waals surface area contributed by atoms with Gasteiger partial charge in [0.05, 0.1) is 7.11 Å². The summed E-state index contributed by atoms with van der Waals surface area (Å²) in [7, 11) is 1.32. The predicted molar refractivity (Wildman–Crippen MR) is 80.8 cm³/mol. The van der Waals surface area contributed by atoms with Crippen molar-refractivity contribution in [3.05, 3.63) is 52.8 Å². The van der Waals surface area contributed by atoms with Crippen molar-refractivity contribution in [3.63, 3.8) is 0 Å². The number of carbonyl (C=O) groups is 1. The average Bonchev–Trinajstić information content (AvgIpc) is 2.48. The average molecular weight is 307 g/mol. The number of anilines is 1. The van der Waals surface area contributed by atoms with Crippen LogP contribution in [0.1, 0.15) is 11.1 Å². The van der Waals surface area contributed by atoms with Gasteiger partial charge < -0.3 is 9.47 Å². The first-order valence-corrected chi connectivity index (χ1v) is 6.65. The van der Waals surface area contributed by atoms with E-state index < -0.39 is 6.09 Å². The summed E-state index contributed by atoms with van der Waals surface area (Å²) >= 11 is 5.97.